The van der Waals surface area contributed by atoms with Gasteiger partial charge in [0.15, 0.2) is 0 Å². The Kier molecular flexibility index (Phi) is 11.2. The molecule has 1 nitrogen and oxygen atoms in total. The SMILES string of the molecule is CCCCCCCCCCCCCCCC[N+](C)(C)Cc1ccc2sc3ccccc3c2c1. The molecule has 182 valence electrons. The van der Waals surface area contributed by atoms with Crippen LogP contribution in [-0.2, 0) is 6.54 Å². The van der Waals surface area contributed by atoms with Crippen molar-refractivity contribution in [1.82, 2.24) is 0 Å². The van der Waals surface area contributed by atoms with Crippen LogP contribution in [0.4, 0.5) is 0 Å². The predicted octanol–water partition coefficient (Wildman–Crippen LogP) is 10.1. The average Bonchev–Trinajstić information content (AvgIpc) is 3.17. The number of hydrogen-bond acceptors (Lipinski definition) is 1. The van der Waals surface area contributed by atoms with Gasteiger partial charge in [0.05, 0.1) is 20.6 Å². The van der Waals surface area contributed by atoms with Crippen molar-refractivity contribution < 1.29 is 4.48 Å². The van der Waals surface area contributed by atoms with E-state index in [1.165, 1.54) is 122 Å². The molecule has 0 radical (unpaired) electrons. The van der Waals surface area contributed by atoms with Crippen molar-refractivity contribution in [2.75, 3.05) is 20.6 Å². The Hall–Kier alpha value is -1.38. The molecule has 0 spiro atoms. The second-order valence-electron chi connectivity index (χ2n) is 10.8. The van der Waals surface area contributed by atoms with Crippen molar-refractivity contribution in [3.63, 3.8) is 0 Å². The van der Waals surface area contributed by atoms with Crippen LogP contribution in [0.15, 0.2) is 42.5 Å². The fourth-order valence-corrected chi connectivity index (χ4v) is 6.27. The zero-order valence-electron chi connectivity index (χ0n) is 21.7. The van der Waals surface area contributed by atoms with E-state index in [0.29, 0.717) is 0 Å². The lowest BCUT2D eigenvalue weighted by Gasteiger charge is -2.30. The second kappa shape index (κ2) is 14.1. The van der Waals surface area contributed by atoms with Crippen LogP contribution in [0, 0.1) is 0 Å². The Morgan fingerprint density at radius 2 is 1.15 bits per heavy atom. The number of benzene rings is 2. The van der Waals surface area contributed by atoms with E-state index in [4.69, 9.17) is 0 Å². The van der Waals surface area contributed by atoms with Crippen molar-refractivity contribution in [1.29, 1.82) is 0 Å². The number of unbranched alkanes of at least 4 members (excludes halogenated alkanes) is 13. The number of hydrogen-bond donors (Lipinski definition) is 0. The van der Waals surface area contributed by atoms with Gasteiger partial charge in [0.25, 0.3) is 0 Å². The molecule has 3 rings (SSSR count). The van der Waals surface area contributed by atoms with Gasteiger partial charge in [0.2, 0.25) is 0 Å². The summed E-state index contributed by atoms with van der Waals surface area (Å²) in [6.07, 6.45) is 20.1. The molecule has 0 aliphatic carbocycles. The van der Waals surface area contributed by atoms with Gasteiger partial charge in [-0.05, 0) is 31.0 Å². The molecule has 3 aromatic rings. The van der Waals surface area contributed by atoms with Crippen molar-refractivity contribution in [3.05, 3.63) is 48.0 Å². The molecule has 0 saturated heterocycles. The third-order valence-electron chi connectivity index (χ3n) is 7.17. The molecule has 0 bridgehead atoms. The molecule has 0 fully saturated rings. The Labute approximate surface area is 207 Å². The van der Waals surface area contributed by atoms with Crippen LogP contribution >= 0.6 is 11.3 Å². The van der Waals surface area contributed by atoms with Crippen molar-refractivity contribution in [3.8, 4) is 0 Å². The zero-order chi connectivity index (χ0) is 23.4. The molecular formula is C31H48NS+. The highest BCUT2D eigenvalue weighted by Gasteiger charge is 2.16. The van der Waals surface area contributed by atoms with Gasteiger partial charge in [0, 0.05) is 25.7 Å². The summed E-state index contributed by atoms with van der Waals surface area (Å²) < 4.78 is 3.91. The maximum atomic E-state index is 2.44. The Morgan fingerprint density at radius 1 is 0.606 bits per heavy atom. The number of fused-ring (bicyclic) bond motifs is 3. The average molecular weight is 467 g/mol. The Morgan fingerprint density at radius 3 is 1.79 bits per heavy atom. The second-order valence-corrected chi connectivity index (χ2v) is 11.9. The Bertz CT molecular complexity index is 938. The molecule has 0 saturated carbocycles. The quantitative estimate of drug-likeness (QED) is 0.137. The first kappa shape index (κ1) is 26.2. The lowest BCUT2D eigenvalue weighted by molar-refractivity contribution is -0.903. The third-order valence-corrected chi connectivity index (χ3v) is 8.32. The fourth-order valence-electron chi connectivity index (χ4n) is 5.18. The van der Waals surface area contributed by atoms with Crippen molar-refractivity contribution in [2.24, 2.45) is 0 Å². The molecule has 0 aliphatic rings. The van der Waals surface area contributed by atoms with E-state index in [9.17, 15) is 0 Å². The van der Waals surface area contributed by atoms with E-state index in [1.54, 1.807) is 0 Å². The summed E-state index contributed by atoms with van der Waals surface area (Å²) in [5.41, 5.74) is 1.47. The third kappa shape index (κ3) is 9.06. The lowest BCUT2D eigenvalue weighted by Crippen LogP contribution is -2.39. The van der Waals surface area contributed by atoms with Crippen LogP contribution in [0.1, 0.15) is 102 Å². The molecule has 1 aromatic heterocycles. The largest absolute Gasteiger partial charge is 0.325 e. The lowest BCUT2D eigenvalue weighted by atomic mass is 10.0. The molecule has 2 heteroatoms. The summed E-state index contributed by atoms with van der Waals surface area (Å²) in [5, 5.41) is 2.85. The highest BCUT2D eigenvalue weighted by Crippen LogP contribution is 2.34. The standard InChI is InChI=1S/C31H48NS/c1-4-5-6-7-8-9-10-11-12-13-14-15-16-19-24-32(2,3)26-27-22-23-31-29(25-27)28-20-17-18-21-30(28)33-31/h17-18,20-23,25H,4-16,19,24,26H2,1-3H3/q+1. The first-order valence-electron chi connectivity index (χ1n) is 13.8. The Balaban J connectivity index is 1.27. The van der Waals surface area contributed by atoms with Crippen LogP contribution in [0.3, 0.4) is 0 Å². The number of rotatable bonds is 17. The summed E-state index contributed by atoms with van der Waals surface area (Å²) in [6.45, 7) is 4.70. The molecule has 0 amide bonds. The van der Waals surface area contributed by atoms with E-state index in [2.05, 4.69) is 63.5 Å². The van der Waals surface area contributed by atoms with Crippen LogP contribution < -0.4 is 0 Å². The maximum absolute atomic E-state index is 2.44. The predicted molar refractivity (Wildman–Crippen MR) is 150 cm³/mol. The highest BCUT2D eigenvalue weighted by atomic mass is 32.1. The van der Waals surface area contributed by atoms with Gasteiger partial charge in [-0.1, -0.05) is 108 Å². The topological polar surface area (TPSA) is 0 Å². The smallest absolute Gasteiger partial charge is 0.104 e. The summed E-state index contributed by atoms with van der Waals surface area (Å²) in [4.78, 5) is 0. The van der Waals surface area contributed by atoms with Crippen molar-refractivity contribution in [2.45, 2.75) is 103 Å². The molecule has 0 atom stereocenters. The van der Waals surface area contributed by atoms with Gasteiger partial charge < -0.3 is 4.48 Å². The summed E-state index contributed by atoms with van der Waals surface area (Å²) in [6, 6.07) is 16.0. The monoisotopic (exact) mass is 466 g/mol. The molecule has 2 aromatic carbocycles. The minimum atomic E-state index is 1.09. The van der Waals surface area contributed by atoms with Gasteiger partial charge in [-0.15, -0.1) is 11.3 Å². The van der Waals surface area contributed by atoms with Gasteiger partial charge in [-0.3, -0.25) is 0 Å². The van der Waals surface area contributed by atoms with Crippen LogP contribution in [-0.4, -0.2) is 25.1 Å². The van der Waals surface area contributed by atoms with Gasteiger partial charge >= 0.3 is 0 Å². The van der Waals surface area contributed by atoms with E-state index in [0.717, 1.165) is 11.0 Å². The van der Waals surface area contributed by atoms with Crippen LogP contribution in [0.2, 0.25) is 0 Å². The summed E-state index contributed by atoms with van der Waals surface area (Å²) in [7, 11) is 4.80. The molecule has 33 heavy (non-hydrogen) atoms. The normalized spacial score (nSPS) is 12.2. The summed E-state index contributed by atoms with van der Waals surface area (Å²) >= 11 is 1.92. The van der Waals surface area contributed by atoms with Gasteiger partial charge in [-0.25, -0.2) is 0 Å². The molecule has 0 unspecified atom stereocenters. The van der Waals surface area contributed by atoms with Crippen molar-refractivity contribution >= 4 is 31.5 Å². The van der Waals surface area contributed by atoms with E-state index in [1.807, 2.05) is 11.3 Å². The van der Waals surface area contributed by atoms with Crippen LogP contribution in [0.5, 0.6) is 0 Å². The summed E-state index contributed by atoms with van der Waals surface area (Å²) in [5.74, 6) is 0. The number of quaternary nitrogens is 1. The minimum Gasteiger partial charge on any atom is -0.325 e. The number of nitrogens with zero attached hydrogens (tertiary/aromatic N) is 1. The fraction of sp³-hybridized carbons (Fsp3) is 0.613. The van der Waals surface area contributed by atoms with E-state index in [-0.39, 0.29) is 0 Å². The maximum Gasteiger partial charge on any atom is 0.104 e. The first-order chi connectivity index (χ1) is 16.1. The molecular weight excluding hydrogens is 418 g/mol. The van der Waals surface area contributed by atoms with Gasteiger partial charge in [0.1, 0.15) is 6.54 Å². The molecule has 0 N–H and O–H groups in total. The van der Waals surface area contributed by atoms with Crippen LogP contribution in [0.25, 0.3) is 20.2 Å². The molecule has 0 aliphatic heterocycles. The van der Waals surface area contributed by atoms with E-state index < -0.39 is 0 Å². The molecule has 1 heterocycles. The van der Waals surface area contributed by atoms with Gasteiger partial charge in [-0.2, -0.15) is 0 Å². The number of thiophene rings is 1. The zero-order valence-corrected chi connectivity index (χ0v) is 22.5. The minimum absolute atomic E-state index is 1.09. The van der Waals surface area contributed by atoms with E-state index >= 15 is 0 Å². The highest BCUT2D eigenvalue weighted by molar-refractivity contribution is 7.25. The first-order valence-corrected chi connectivity index (χ1v) is 14.6.